The molecule has 202 valence electrons. The highest BCUT2D eigenvalue weighted by Gasteiger charge is 2.27. The normalized spacial score (nSPS) is 18.4. The van der Waals surface area contributed by atoms with Crippen LogP contribution in [0.3, 0.4) is 0 Å². The molecular formula is C30H39N5O2S. The Balaban J connectivity index is 1.11. The molecule has 3 aromatic rings. The molecule has 2 N–H and O–H groups in total. The summed E-state index contributed by atoms with van der Waals surface area (Å²) in [5.41, 5.74) is 4.44. The highest BCUT2D eigenvalue weighted by molar-refractivity contribution is 7.85. The smallest absolute Gasteiger partial charge is 0.229 e. The number of allylic oxidation sites excluding steroid dienone is 1. The molecular weight excluding hydrogens is 494 g/mol. The van der Waals surface area contributed by atoms with E-state index in [1.807, 2.05) is 24.3 Å². The van der Waals surface area contributed by atoms with Gasteiger partial charge in [0.05, 0.1) is 6.04 Å². The predicted octanol–water partition coefficient (Wildman–Crippen LogP) is 5.58. The summed E-state index contributed by atoms with van der Waals surface area (Å²) in [4.78, 5) is 7.29. The summed E-state index contributed by atoms with van der Waals surface area (Å²) in [6.45, 7) is 7.49. The molecule has 0 amide bonds. The van der Waals surface area contributed by atoms with Crippen molar-refractivity contribution in [2.75, 3.05) is 30.6 Å². The first-order chi connectivity index (χ1) is 18.5. The third-order valence-corrected chi connectivity index (χ3v) is 8.39. The first kappa shape index (κ1) is 26.6. The zero-order chi connectivity index (χ0) is 26.3. The molecule has 2 fully saturated rings. The van der Waals surface area contributed by atoms with Gasteiger partial charge in [-0.05, 0) is 74.4 Å². The molecule has 1 aliphatic heterocycles. The third-order valence-electron chi connectivity index (χ3n) is 7.86. The second-order valence-electron chi connectivity index (χ2n) is 10.6. The van der Waals surface area contributed by atoms with Crippen LogP contribution >= 0.6 is 0 Å². The predicted molar refractivity (Wildman–Crippen MR) is 153 cm³/mol. The summed E-state index contributed by atoms with van der Waals surface area (Å²) >= 11 is 0. The molecule has 38 heavy (non-hydrogen) atoms. The van der Waals surface area contributed by atoms with Crippen LogP contribution in [0.1, 0.15) is 73.3 Å². The highest BCUT2D eigenvalue weighted by Crippen LogP contribution is 2.33. The van der Waals surface area contributed by atoms with E-state index in [2.05, 4.69) is 57.0 Å². The Kier molecular flexibility index (Phi) is 8.91. The number of piperidine rings is 1. The number of benzene rings is 2. The molecule has 1 aromatic heterocycles. The zero-order valence-electron chi connectivity index (χ0n) is 22.3. The van der Waals surface area contributed by atoms with E-state index >= 15 is 0 Å². The number of hydrogen-bond donors (Lipinski definition) is 2. The minimum absolute atomic E-state index is 0.298. The fourth-order valence-corrected chi connectivity index (χ4v) is 5.88. The van der Waals surface area contributed by atoms with Crippen LogP contribution in [-0.2, 0) is 17.4 Å². The largest absolute Gasteiger partial charge is 0.382 e. The average molecular weight is 534 g/mol. The molecule has 7 nitrogen and oxygen atoms in total. The number of aromatic nitrogens is 2. The Morgan fingerprint density at radius 3 is 2.63 bits per heavy atom. The van der Waals surface area contributed by atoms with Gasteiger partial charge in [0, 0.05) is 36.5 Å². The number of nitrogens with one attached hydrogen (secondary N) is 2. The lowest BCUT2D eigenvalue weighted by atomic mass is 9.83. The van der Waals surface area contributed by atoms with Crippen molar-refractivity contribution in [3.8, 4) is 0 Å². The van der Waals surface area contributed by atoms with E-state index in [1.165, 1.54) is 30.5 Å². The van der Waals surface area contributed by atoms with Gasteiger partial charge in [-0.25, -0.2) is 4.21 Å². The van der Waals surface area contributed by atoms with Crippen LogP contribution in [0.15, 0.2) is 71.4 Å². The van der Waals surface area contributed by atoms with Crippen LogP contribution in [0.2, 0.25) is 0 Å². The Labute approximate surface area is 228 Å². The number of likely N-dealkylation sites (tertiary alicyclic amines) is 1. The lowest BCUT2D eigenvalue weighted by Crippen LogP contribution is -2.36. The Bertz CT molecular complexity index is 1220. The monoisotopic (exact) mass is 533 g/mol. The third kappa shape index (κ3) is 7.11. The van der Waals surface area contributed by atoms with Crippen molar-refractivity contribution < 1.29 is 8.73 Å². The van der Waals surface area contributed by atoms with E-state index < -0.39 is 11.0 Å². The molecule has 2 atom stereocenters. The van der Waals surface area contributed by atoms with Gasteiger partial charge in [0.15, 0.2) is 5.82 Å². The van der Waals surface area contributed by atoms with Crippen molar-refractivity contribution in [1.82, 2.24) is 20.4 Å². The first-order valence-electron chi connectivity index (χ1n) is 13.8. The molecule has 2 heterocycles. The summed E-state index contributed by atoms with van der Waals surface area (Å²) in [5.74, 6) is 2.40. The molecule has 1 aliphatic carbocycles. The first-order valence-corrected chi connectivity index (χ1v) is 15.3. The van der Waals surface area contributed by atoms with Gasteiger partial charge in [0.2, 0.25) is 5.89 Å². The summed E-state index contributed by atoms with van der Waals surface area (Å²) < 4.78 is 20.1. The maximum absolute atomic E-state index is 11.5. The standard InChI is InChI=1S/C30H39N5O2S/c1-22(24-11-7-12-24)31-28(25-9-4-3-5-10-25)16-19-35-17-14-26(15-18-35)30-32-29(33-37-30)21-23-8-6-13-27(20-23)34-38(2)36/h3-6,8-10,13,20,24,26,28,31,34H,1,7,11-12,14-19,21H2,2H3. The Hall–Kier alpha value is -2.97. The van der Waals surface area contributed by atoms with Crippen molar-refractivity contribution in [3.05, 3.63) is 89.7 Å². The van der Waals surface area contributed by atoms with Crippen LogP contribution < -0.4 is 10.0 Å². The molecule has 0 bridgehead atoms. The fourth-order valence-electron chi connectivity index (χ4n) is 5.42. The summed E-state index contributed by atoms with van der Waals surface area (Å²) in [6.07, 6.45) is 9.19. The number of anilines is 1. The fraction of sp³-hybridized carbons (Fsp3) is 0.467. The van der Waals surface area contributed by atoms with Crippen LogP contribution in [0.4, 0.5) is 5.69 Å². The van der Waals surface area contributed by atoms with E-state index in [1.54, 1.807) is 6.26 Å². The van der Waals surface area contributed by atoms with Crippen LogP contribution in [0.5, 0.6) is 0 Å². The van der Waals surface area contributed by atoms with Gasteiger partial charge in [-0.2, -0.15) is 4.98 Å². The SMILES string of the molecule is C=C(NC(CCN1CCC(c2nc(Cc3cccc(NS(C)=O)c3)no2)CC1)c1ccccc1)C1CCC1. The van der Waals surface area contributed by atoms with Crippen molar-refractivity contribution >= 4 is 16.7 Å². The van der Waals surface area contributed by atoms with E-state index in [4.69, 9.17) is 9.51 Å². The zero-order valence-corrected chi connectivity index (χ0v) is 23.1. The summed E-state index contributed by atoms with van der Waals surface area (Å²) in [7, 11) is -1.10. The van der Waals surface area contributed by atoms with Crippen LogP contribution in [-0.4, -0.2) is 45.1 Å². The molecule has 2 aliphatic rings. The van der Waals surface area contributed by atoms with Crippen molar-refractivity contribution in [1.29, 1.82) is 0 Å². The molecule has 2 aromatic carbocycles. The number of nitrogens with zero attached hydrogens (tertiary/aromatic N) is 3. The molecule has 5 rings (SSSR count). The maximum Gasteiger partial charge on any atom is 0.229 e. The van der Waals surface area contributed by atoms with Crippen LogP contribution in [0.25, 0.3) is 0 Å². The molecule has 1 saturated heterocycles. The average Bonchev–Trinajstić information content (AvgIpc) is 3.34. The Morgan fingerprint density at radius 1 is 1.13 bits per heavy atom. The highest BCUT2D eigenvalue weighted by atomic mass is 32.2. The molecule has 0 spiro atoms. The van der Waals surface area contributed by atoms with Gasteiger partial charge in [-0.3, -0.25) is 0 Å². The topological polar surface area (TPSA) is 83.3 Å². The maximum atomic E-state index is 11.5. The summed E-state index contributed by atoms with van der Waals surface area (Å²) in [5, 5.41) is 8.02. The molecule has 0 radical (unpaired) electrons. The summed E-state index contributed by atoms with van der Waals surface area (Å²) in [6, 6.07) is 18.9. The van der Waals surface area contributed by atoms with Gasteiger partial charge in [-0.15, -0.1) is 0 Å². The second kappa shape index (κ2) is 12.7. The lowest BCUT2D eigenvalue weighted by Gasteiger charge is -2.34. The van der Waals surface area contributed by atoms with Crippen molar-refractivity contribution in [2.45, 2.75) is 56.9 Å². The van der Waals surface area contributed by atoms with E-state index in [0.29, 0.717) is 30.1 Å². The van der Waals surface area contributed by atoms with Gasteiger partial charge in [0.25, 0.3) is 0 Å². The molecule has 8 heteroatoms. The second-order valence-corrected chi connectivity index (χ2v) is 11.8. The van der Waals surface area contributed by atoms with Gasteiger partial charge >= 0.3 is 0 Å². The van der Waals surface area contributed by atoms with Gasteiger partial charge < -0.3 is 19.5 Å². The minimum Gasteiger partial charge on any atom is -0.382 e. The number of rotatable bonds is 12. The van der Waals surface area contributed by atoms with E-state index in [0.717, 1.165) is 56.0 Å². The van der Waals surface area contributed by atoms with E-state index in [9.17, 15) is 4.21 Å². The minimum atomic E-state index is -1.10. The van der Waals surface area contributed by atoms with Crippen molar-refractivity contribution in [3.63, 3.8) is 0 Å². The van der Waals surface area contributed by atoms with E-state index in [-0.39, 0.29) is 0 Å². The van der Waals surface area contributed by atoms with Gasteiger partial charge in [0.1, 0.15) is 11.0 Å². The van der Waals surface area contributed by atoms with Gasteiger partial charge in [-0.1, -0.05) is 60.6 Å². The Morgan fingerprint density at radius 2 is 1.92 bits per heavy atom. The van der Waals surface area contributed by atoms with Crippen LogP contribution in [0, 0.1) is 5.92 Å². The lowest BCUT2D eigenvalue weighted by molar-refractivity contribution is 0.186. The molecule has 1 saturated carbocycles. The quantitative estimate of drug-likeness (QED) is 0.316. The van der Waals surface area contributed by atoms with Crippen molar-refractivity contribution in [2.24, 2.45) is 5.92 Å². The number of hydrogen-bond acceptors (Lipinski definition) is 6. The molecule has 2 unspecified atom stereocenters.